The standard InChI is InChI=1S/C11H12N2O2S2/c1-9-4-3-5-10(8-9)17(14,15)13(2)11-12-6-7-16-11/h3-8H,1-2H3. The van der Waals surface area contributed by atoms with Crippen molar-refractivity contribution in [2.45, 2.75) is 11.8 Å². The number of aryl methyl sites for hydroxylation is 1. The van der Waals surface area contributed by atoms with Crippen molar-refractivity contribution in [2.24, 2.45) is 0 Å². The van der Waals surface area contributed by atoms with Crippen molar-refractivity contribution in [2.75, 3.05) is 11.4 Å². The predicted molar refractivity (Wildman–Crippen MR) is 68.9 cm³/mol. The van der Waals surface area contributed by atoms with Crippen LogP contribution < -0.4 is 4.31 Å². The van der Waals surface area contributed by atoms with Crippen LogP contribution in [0.25, 0.3) is 0 Å². The van der Waals surface area contributed by atoms with Crippen LogP contribution in [0.1, 0.15) is 5.56 Å². The van der Waals surface area contributed by atoms with Crippen molar-refractivity contribution in [1.82, 2.24) is 4.98 Å². The molecule has 1 aromatic carbocycles. The van der Waals surface area contributed by atoms with E-state index in [4.69, 9.17) is 0 Å². The summed E-state index contributed by atoms with van der Waals surface area (Å²) in [5.74, 6) is 0. The van der Waals surface area contributed by atoms with Crippen molar-refractivity contribution in [3.8, 4) is 0 Å². The normalized spacial score (nSPS) is 11.4. The van der Waals surface area contributed by atoms with Crippen molar-refractivity contribution in [1.29, 1.82) is 0 Å². The molecule has 6 heteroatoms. The third kappa shape index (κ3) is 2.32. The Balaban J connectivity index is 2.44. The summed E-state index contributed by atoms with van der Waals surface area (Å²) < 4.78 is 25.8. The van der Waals surface area contributed by atoms with Gasteiger partial charge in [-0.25, -0.2) is 17.7 Å². The SMILES string of the molecule is Cc1cccc(S(=O)(=O)N(C)c2nccs2)c1. The van der Waals surface area contributed by atoms with Crippen molar-refractivity contribution < 1.29 is 8.42 Å². The maximum atomic E-state index is 12.3. The minimum absolute atomic E-state index is 0.287. The first kappa shape index (κ1) is 12.1. The molecule has 1 aromatic heterocycles. The molecule has 0 radical (unpaired) electrons. The Hall–Kier alpha value is -1.40. The summed E-state index contributed by atoms with van der Waals surface area (Å²) >= 11 is 1.29. The lowest BCUT2D eigenvalue weighted by Gasteiger charge is -2.16. The van der Waals surface area contributed by atoms with Gasteiger partial charge in [-0.3, -0.25) is 0 Å². The molecule has 0 bridgehead atoms. The molecular formula is C11H12N2O2S2. The maximum Gasteiger partial charge on any atom is 0.265 e. The van der Waals surface area contributed by atoms with Crippen LogP contribution in [0.3, 0.4) is 0 Å². The summed E-state index contributed by atoms with van der Waals surface area (Å²) in [4.78, 5) is 4.28. The summed E-state index contributed by atoms with van der Waals surface area (Å²) in [5.41, 5.74) is 0.915. The highest BCUT2D eigenvalue weighted by Crippen LogP contribution is 2.23. The van der Waals surface area contributed by atoms with E-state index in [1.54, 1.807) is 29.8 Å². The Labute approximate surface area is 105 Å². The number of aromatic nitrogens is 1. The second-order valence-electron chi connectivity index (χ2n) is 3.60. The number of nitrogens with zero attached hydrogens (tertiary/aromatic N) is 2. The van der Waals surface area contributed by atoms with Gasteiger partial charge < -0.3 is 0 Å². The van der Waals surface area contributed by atoms with Crippen molar-refractivity contribution in [3.63, 3.8) is 0 Å². The zero-order chi connectivity index (χ0) is 12.5. The Bertz CT molecular complexity index is 606. The molecule has 0 aliphatic heterocycles. The molecule has 0 unspecified atom stereocenters. The van der Waals surface area contributed by atoms with Gasteiger partial charge >= 0.3 is 0 Å². The zero-order valence-corrected chi connectivity index (χ0v) is 11.1. The van der Waals surface area contributed by atoms with E-state index in [1.807, 2.05) is 13.0 Å². The zero-order valence-electron chi connectivity index (χ0n) is 9.49. The number of anilines is 1. The molecule has 2 rings (SSSR count). The van der Waals surface area contributed by atoms with Crippen LogP contribution >= 0.6 is 11.3 Å². The first-order valence-electron chi connectivity index (χ1n) is 4.97. The van der Waals surface area contributed by atoms with Gasteiger partial charge in [0.25, 0.3) is 10.0 Å². The van der Waals surface area contributed by atoms with Crippen LogP contribution in [0.4, 0.5) is 5.13 Å². The third-order valence-corrected chi connectivity index (χ3v) is 5.04. The topological polar surface area (TPSA) is 50.3 Å². The average molecular weight is 268 g/mol. The molecule has 0 aliphatic rings. The number of benzene rings is 1. The summed E-state index contributed by atoms with van der Waals surface area (Å²) in [5, 5.41) is 2.21. The van der Waals surface area contributed by atoms with E-state index in [-0.39, 0.29) is 4.90 Å². The fourth-order valence-corrected chi connectivity index (χ4v) is 3.50. The van der Waals surface area contributed by atoms with Gasteiger partial charge in [-0.2, -0.15) is 0 Å². The molecule has 17 heavy (non-hydrogen) atoms. The molecule has 4 nitrogen and oxygen atoms in total. The molecule has 0 atom stereocenters. The maximum absolute atomic E-state index is 12.3. The lowest BCUT2D eigenvalue weighted by Crippen LogP contribution is -2.26. The number of rotatable bonds is 3. The highest BCUT2D eigenvalue weighted by molar-refractivity contribution is 7.93. The van der Waals surface area contributed by atoms with Gasteiger partial charge in [0.1, 0.15) is 0 Å². The van der Waals surface area contributed by atoms with E-state index in [0.29, 0.717) is 5.13 Å². The van der Waals surface area contributed by atoms with Gasteiger partial charge in [0.15, 0.2) is 5.13 Å². The minimum Gasteiger partial charge on any atom is -0.244 e. The third-order valence-electron chi connectivity index (χ3n) is 2.34. The molecule has 0 amide bonds. The quantitative estimate of drug-likeness (QED) is 0.858. The Kier molecular flexibility index (Phi) is 3.17. The minimum atomic E-state index is -3.50. The van der Waals surface area contributed by atoms with Gasteiger partial charge in [-0.15, -0.1) is 11.3 Å². The lowest BCUT2D eigenvalue weighted by atomic mass is 10.2. The summed E-state index contributed by atoms with van der Waals surface area (Å²) in [7, 11) is -1.99. The lowest BCUT2D eigenvalue weighted by molar-refractivity contribution is 0.594. The van der Waals surface area contributed by atoms with Crippen molar-refractivity contribution in [3.05, 3.63) is 41.4 Å². The molecule has 2 aromatic rings. The number of hydrogen-bond acceptors (Lipinski definition) is 4. The van der Waals surface area contributed by atoms with Crippen LogP contribution in [-0.4, -0.2) is 20.4 Å². The second-order valence-corrected chi connectivity index (χ2v) is 6.45. The first-order valence-corrected chi connectivity index (χ1v) is 7.29. The molecule has 0 aliphatic carbocycles. The average Bonchev–Trinajstić information content (AvgIpc) is 2.81. The fourth-order valence-electron chi connectivity index (χ4n) is 1.41. The predicted octanol–water partition coefficient (Wildman–Crippen LogP) is 2.28. The highest BCUT2D eigenvalue weighted by Gasteiger charge is 2.22. The Morgan fingerprint density at radius 1 is 1.35 bits per heavy atom. The van der Waals surface area contributed by atoms with Crippen LogP contribution in [0, 0.1) is 6.92 Å². The van der Waals surface area contributed by atoms with Gasteiger partial charge in [-0.1, -0.05) is 12.1 Å². The van der Waals surface area contributed by atoms with E-state index in [2.05, 4.69) is 4.98 Å². The van der Waals surface area contributed by atoms with Gasteiger partial charge in [0, 0.05) is 18.6 Å². The number of sulfonamides is 1. The summed E-state index contributed by atoms with van der Waals surface area (Å²) in [6, 6.07) is 6.84. The molecule has 0 spiro atoms. The smallest absolute Gasteiger partial charge is 0.244 e. The van der Waals surface area contributed by atoms with Crippen LogP contribution in [0.2, 0.25) is 0 Å². The van der Waals surface area contributed by atoms with E-state index in [0.717, 1.165) is 5.56 Å². The van der Waals surface area contributed by atoms with Gasteiger partial charge in [-0.05, 0) is 24.6 Å². The monoisotopic (exact) mass is 268 g/mol. The van der Waals surface area contributed by atoms with E-state index < -0.39 is 10.0 Å². The second kappa shape index (κ2) is 4.46. The molecule has 0 saturated carbocycles. The van der Waals surface area contributed by atoms with E-state index >= 15 is 0 Å². The molecular weight excluding hydrogens is 256 g/mol. The number of thiazole rings is 1. The van der Waals surface area contributed by atoms with E-state index in [1.165, 1.54) is 22.7 Å². The summed E-state index contributed by atoms with van der Waals surface area (Å²) in [6.07, 6.45) is 1.59. The molecule has 0 saturated heterocycles. The van der Waals surface area contributed by atoms with Crippen molar-refractivity contribution >= 4 is 26.5 Å². The fraction of sp³-hybridized carbons (Fsp3) is 0.182. The van der Waals surface area contributed by atoms with Gasteiger partial charge in [0.05, 0.1) is 4.90 Å². The molecule has 90 valence electrons. The summed E-state index contributed by atoms with van der Waals surface area (Å²) in [6.45, 7) is 1.86. The van der Waals surface area contributed by atoms with Crippen LogP contribution in [0.15, 0.2) is 40.7 Å². The highest BCUT2D eigenvalue weighted by atomic mass is 32.2. The largest absolute Gasteiger partial charge is 0.265 e. The number of hydrogen-bond donors (Lipinski definition) is 0. The molecule has 0 N–H and O–H groups in total. The molecule has 1 heterocycles. The van der Waals surface area contributed by atoms with Crippen LogP contribution in [0.5, 0.6) is 0 Å². The van der Waals surface area contributed by atoms with E-state index in [9.17, 15) is 8.42 Å². The first-order chi connectivity index (χ1) is 8.01. The van der Waals surface area contributed by atoms with Gasteiger partial charge in [0.2, 0.25) is 0 Å². The Morgan fingerprint density at radius 3 is 2.71 bits per heavy atom. The van der Waals surface area contributed by atoms with Crippen LogP contribution in [-0.2, 0) is 10.0 Å². The Morgan fingerprint density at radius 2 is 2.12 bits per heavy atom. The molecule has 0 fully saturated rings.